The fourth-order valence-electron chi connectivity index (χ4n) is 1.28. The number of aryl methyl sites for hydroxylation is 1. The largest absolute Gasteiger partial charge is 0.122 e. The van der Waals surface area contributed by atoms with Crippen molar-refractivity contribution < 1.29 is 0 Å². The molecule has 0 heterocycles. The lowest BCUT2D eigenvalue weighted by molar-refractivity contribution is 0.589. The molecule has 0 spiro atoms. The fourth-order valence-corrected chi connectivity index (χ4v) is 1.57. The average molecular weight is 197 g/mol. The summed E-state index contributed by atoms with van der Waals surface area (Å²) in [5, 5.41) is 0. The van der Waals surface area contributed by atoms with Crippen molar-refractivity contribution in [3.63, 3.8) is 0 Å². The molecule has 1 aromatic rings. The van der Waals surface area contributed by atoms with Gasteiger partial charge >= 0.3 is 0 Å². The van der Waals surface area contributed by atoms with E-state index in [1.807, 2.05) is 0 Å². The van der Waals surface area contributed by atoms with E-state index in [2.05, 4.69) is 45.9 Å². The van der Waals surface area contributed by atoms with Gasteiger partial charge < -0.3 is 0 Å². The minimum atomic E-state index is 0.217. The maximum absolute atomic E-state index is 5.85. The lowest BCUT2D eigenvalue weighted by Gasteiger charge is -2.20. The summed E-state index contributed by atoms with van der Waals surface area (Å²) < 4.78 is 0. The van der Waals surface area contributed by atoms with Crippen molar-refractivity contribution in [3.8, 4) is 0 Å². The summed E-state index contributed by atoms with van der Waals surface area (Å²) in [5.74, 6) is 0.607. The fraction of sp³-hybridized carbons (Fsp3) is 0.500. The highest BCUT2D eigenvalue weighted by molar-refractivity contribution is 6.17. The molecular weight excluding hydrogens is 180 g/mol. The zero-order chi connectivity index (χ0) is 10.1. The zero-order valence-corrected chi connectivity index (χ0v) is 9.57. The predicted molar refractivity (Wildman–Crippen MR) is 59.4 cm³/mol. The first-order valence-electron chi connectivity index (χ1n) is 4.61. The summed E-state index contributed by atoms with van der Waals surface area (Å²) in [5.41, 5.74) is 4.10. The second-order valence-electron chi connectivity index (χ2n) is 4.52. The minimum Gasteiger partial charge on any atom is -0.122 e. The van der Waals surface area contributed by atoms with Gasteiger partial charge in [-0.25, -0.2) is 0 Å². The SMILES string of the molecule is Cc1ccc(C(C)(C)C)cc1CCl. The van der Waals surface area contributed by atoms with Gasteiger partial charge in [0.1, 0.15) is 0 Å². The molecule has 0 bridgehead atoms. The topological polar surface area (TPSA) is 0 Å². The molecule has 0 saturated carbocycles. The van der Waals surface area contributed by atoms with E-state index in [1.54, 1.807) is 0 Å². The van der Waals surface area contributed by atoms with Gasteiger partial charge in [-0.1, -0.05) is 39.0 Å². The Balaban J connectivity index is 3.14. The van der Waals surface area contributed by atoms with Crippen LogP contribution in [0.3, 0.4) is 0 Å². The van der Waals surface area contributed by atoms with Gasteiger partial charge in [0, 0.05) is 5.88 Å². The van der Waals surface area contributed by atoms with E-state index in [1.165, 1.54) is 16.7 Å². The maximum atomic E-state index is 5.85. The van der Waals surface area contributed by atoms with Crippen LogP contribution in [0, 0.1) is 6.92 Å². The van der Waals surface area contributed by atoms with E-state index in [-0.39, 0.29) is 5.41 Å². The molecule has 0 aliphatic rings. The number of halogens is 1. The summed E-state index contributed by atoms with van der Waals surface area (Å²) >= 11 is 5.85. The minimum absolute atomic E-state index is 0.217. The van der Waals surface area contributed by atoms with E-state index in [9.17, 15) is 0 Å². The number of alkyl halides is 1. The second kappa shape index (κ2) is 3.71. The molecule has 0 saturated heterocycles. The number of rotatable bonds is 1. The van der Waals surface area contributed by atoms with Crippen LogP contribution in [0.2, 0.25) is 0 Å². The summed E-state index contributed by atoms with van der Waals surface area (Å²) in [6.45, 7) is 8.76. The van der Waals surface area contributed by atoms with E-state index in [0.717, 1.165) is 0 Å². The van der Waals surface area contributed by atoms with Gasteiger partial charge in [0.2, 0.25) is 0 Å². The Bertz CT molecular complexity index is 294. The molecule has 1 aromatic carbocycles. The molecule has 72 valence electrons. The highest BCUT2D eigenvalue weighted by Gasteiger charge is 2.14. The van der Waals surface area contributed by atoms with Crippen LogP contribution >= 0.6 is 11.6 Å². The van der Waals surface area contributed by atoms with Crippen molar-refractivity contribution in [3.05, 3.63) is 34.9 Å². The second-order valence-corrected chi connectivity index (χ2v) is 4.79. The summed E-state index contributed by atoms with van der Waals surface area (Å²) in [6.07, 6.45) is 0. The van der Waals surface area contributed by atoms with Crippen LogP contribution in [-0.2, 0) is 11.3 Å². The molecule has 1 rings (SSSR count). The molecule has 0 aromatic heterocycles. The Morgan fingerprint density at radius 1 is 1.23 bits per heavy atom. The highest BCUT2D eigenvalue weighted by atomic mass is 35.5. The van der Waals surface area contributed by atoms with Crippen LogP contribution in [0.25, 0.3) is 0 Å². The normalized spacial score (nSPS) is 11.8. The highest BCUT2D eigenvalue weighted by Crippen LogP contribution is 2.24. The van der Waals surface area contributed by atoms with Crippen LogP contribution in [-0.4, -0.2) is 0 Å². The molecule has 0 fully saturated rings. The smallest absolute Gasteiger partial charge is 0.0476 e. The number of benzene rings is 1. The van der Waals surface area contributed by atoms with Crippen molar-refractivity contribution >= 4 is 11.6 Å². The Labute approximate surface area is 85.9 Å². The molecule has 0 aliphatic carbocycles. The molecule has 0 atom stereocenters. The Morgan fingerprint density at radius 3 is 2.31 bits per heavy atom. The van der Waals surface area contributed by atoms with Crippen molar-refractivity contribution in [2.24, 2.45) is 0 Å². The first-order valence-corrected chi connectivity index (χ1v) is 5.14. The van der Waals surface area contributed by atoms with Gasteiger partial charge in [-0.15, -0.1) is 11.6 Å². The van der Waals surface area contributed by atoms with Crippen molar-refractivity contribution in [2.45, 2.75) is 39.0 Å². The quantitative estimate of drug-likeness (QED) is 0.595. The third-order valence-corrected chi connectivity index (χ3v) is 2.65. The molecule has 0 N–H and O–H groups in total. The first kappa shape index (κ1) is 10.6. The zero-order valence-electron chi connectivity index (χ0n) is 8.82. The Hall–Kier alpha value is -0.490. The molecule has 0 nitrogen and oxygen atoms in total. The van der Waals surface area contributed by atoms with E-state index < -0.39 is 0 Å². The molecule has 0 amide bonds. The van der Waals surface area contributed by atoms with Gasteiger partial charge in [-0.3, -0.25) is 0 Å². The van der Waals surface area contributed by atoms with Gasteiger partial charge in [-0.05, 0) is 29.0 Å². The number of hydrogen-bond donors (Lipinski definition) is 0. The third-order valence-electron chi connectivity index (χ3n) is 2.36. The Kier molecular flexibility index (Phi) is 3.02. The van der Waals surface area contributed by atoms with Crippen LogP contribution < -0.4 is 0 Å². The van der Waals surface area contributed by atoms with Crippen LogP contribution in [0.1, 0.15) is 37.5 Å². The van der Waals surface area contributed by atoms with Crippen LogP contribution in [0.15, 0.2) is 18.2 Å². The van der Waals surface area contributed by atoms with Gasteiger partial charge in [0.25, 0.3) is 0 Å². The van der Waals surface area contributed by atoms with Gasteiger partial charge in [0.15, 0.2) is 0 Å². The first-order chi connectivity index (χ1) is 5.95. The third kappa shape index (κ3) is 2.47. The lowest BCUT2D eigenvalue weighted by atomic mass is 9.85. The van der Waals surface area contributed by atoms with Crippen molar-refractivity contribution in [2.75, 3.05) is 0 Å². The van der Waals surface area contributed by atoms with Crippen molar-refractivity contribution in [1.82, 2.24) is 0 Å². The monoisotopic (exact) mass is 196 g/mol. The standard InChI is InChI=1S/C12H17Cl/c1-9-5-6-11(12(2,3)4)7-10(9)8-13/h5-7H,8H2,1-4H3. The average Bonchev–Trinajstić information content (AvgIpc) is 2.03. The van der Waals surface area contributed by atoms with Gasteiger partial charge in [0.05, 0.1) is 0 Å². The van der Waals surface area contributed by atoms with Crippen LogP contribution in [0.4, 0.5) is 0 Å². The predicted octanol–water partition coefficient (Wildman–Crippen LogP) is 4.03. The molecule has 0 aliphatic heterocycles. The van der Waals surface area contributed by atoms with E-state index >= 15 is 0 Å². The lowest BCUT2D eigenvalue weighted by Crippen LogP contribution is -2.11. The molecule has 13 heavy (non-hydrogen) atoms. The van der Waals surface area contributed by atoms with E-state index in [0.29, 0.717) is 5.88 Å². The van der Waals surface area contributed by atoms with Crippen LogP contribution in [0.5, 0.6) is 0 Å². The molecular formula is C12H17Cl. The molecule has 1 heteroatoms. The molecule has 0 unspecified atom stereocenters. The van der Waals surface area contributed by atoms with Crippen molar-refractivity contribution in [1.29, 1.82) is 0 Å². The summed E-state index contributed by atoms with van der Waals surface area (Å²) in [6, 6.07) is 6.55. The molecule has 0 radical (unpaired) electrons. The number of hydrogen-bond acceptors (Lipinski definition) is 0. The summed E-state index contributed by atoms with van der Waals surface area (Å²) in [4.78, 5) is 0. The maximum Gasteiger partial charge on any atom is 0.0476 e. The van der Waals surface area contributed by atoms with E-state index in [4.69, 9.17) is 11.6 Å². The van der Waals surface area contributed by atoms with Gasteiger partial charge in [-0.2, -0.15) is 0 Å². The summed E-state index contributed by atoms with van der Waals surface area (Å²) in [7, 11) is 0. The Morgan fingerprint density at radius 2 is 1.85 bits per heavy atom.